The lowest BCUT2D eigenvalue weighted by Crippen LogP contribution is -2.54. The van der Waals surface area contributed by atoms with Gasteiger partial charge in [0, 0.05) is 24.0 Å². The number of hydrogen-bond acceptors (Lipinski definition) is 4. The highest BCUT2D eigenvalue weighted by atomic mass is 35.5. The second-order valence-corrected chi connectivity index (χ2v) is 14.8. The van der Waals surface area contributed by atoms with Crippen LogP contribution in [-0.2, 0) is 32.6 Å². The maximum atomic E-state index is 14.6. The van der Waals surface area contributed by atoms with Gasteiger partial charge in [-0.25, -0.2) is 8.42 Å². The van der Waals surface area contributed by atoms with Crippen LogP contribution < -0.4 is 9.62 Å². The van der Waals surface area contributed by atoms with Crippen molar-refractivity contribution in [1.29, 1.82) is 0 Å². The average Bonchev–Trinajstić information content (AvgIpc) is 3.58. The van der Waals surface area contributed by atoms with Crippen LogP contribution in [-0.4, -0.2) is 43.8 Å². The van der Waals surface area contributed by atoms with Gasteiger partial charge in [-0.15, -0.1) is 0 Å². The van der Waals surface area contributed by atoms with Gasteiger partial charge in [0.15, 0.2) is 0 Å². The lowest BCUT2D eigenvalue weighted by Gasteiger charge is -2.34. The van der Waals surface area contributed by atoms with Crippen molar-refractivity contribution >= 4 is 62.3 Å². The molecule has 1 saturated carbocycles. The number of carbonyl (C=O) groups is 2. The van der Waals surface area contributed by atoms with E-state index in [-0.39, 0.29) is 35.5 Å². The maximum Gasteiger partial charge on any atom is 0.264 e. The first-order valence-electron chi connectivity index (χ1n) is 15.4. The fourth-order valence-corrected chi connectivity index (χ4v) is 7.66. The summed E-state index contributed by atoms with van der Waals surface area (Å²) in [6.45, 7) is 1.21. The summed E-state index contributed by atoms with van der Waals surface area (Å²) in [5.74, 6) is -0.875. The van der Waals surface area contributed by atoms with Crippen LogP contribution in [0.25, 0.3) is 0 Å². The van der Waals surface area contributed by atoms with Crippen LogP contribution in [0.4, 0.5) is 5.69 Å². The Morgan fingerprint density at radius 1 is 0.809 bits per heavy atom. The number of hydrogen-bond donors (Lipinski definition) is 1. The molecule has 0 radical (unpaired) electrons. The van der Waals surface area contributed by atoms with Crippen molar-refractivity contribution in [2.75, 3.05) is 10.8 Å². The van der Waals surface area contributed by atoms with E-state index >= 15 is 0 Å². The summed E-state index contributed by atoms with van der Waals surface area (Å²) in [6, 6.07) is 26.3. The highest BCUT2D eigenvalue weighted by Gasteiger charge is 2.35. The Bertz CT molecular complexity index is 1820. The van der Waals surface area contributed by atoms with Gasteiger partial charge >= 0.3 is 0 Å². The lowest BCUT2D eigenvalue weighted by molar-refractivity contribution is -0.140. The molecule has 1 atom stereocenters. The first-order chi connectivity index (χ1) is 22.5. The second kappa shape index (κ2) is 15.6. The molecule has 0 heterocycles. The molecule has 1 aliphatic carbocycles. The van der Waals surface area contributed by atoms with Crippen molar-refractivity contribution in [3.8, 4) is 0 Å². The van der Waals surface area contributed by atoms with E-state index in [1.54, 1.807) is 48.5 Å². The molecule has 1 N–H and O–H groups in total. The molecule has 0 aliphatic heterocycles. The quantitative estimate of drug-likeness (QED) is 0.162. The highest BCUT2D eigenvalue weighted by molar-refractivity contribution is 7.92. The molecule has 246 valence electrons. The third kappa shape index (κ3) is 8.68. The zero-order valence-electron chi connectivity index (χ0n) is 25.9. The van der Waals surface area contributed by atoms with Crippen LogP contribution >= 0.6 is 34.8 Å². The molecule has 0 saturated heterocycles. The van der Waals surface area contributed by atoms with E-state index in [9.17, 15) is 18.0 Å². The Kier molecular flexibility index (Phi) is 11.5. The third-order valence-electron chi connectivity index (χ3n) is 8.36. The first-order valence-corrected chi connectivity index (χ1v) is 18.0. The van der Waals surface area contributed by atoms with Gasteiger partial charge in [0.1, 0.15) is 12.6 Å². The molecule has 1 unspecified atom stereocenters. The predicted octanol–water partition coefficient (Wildman–Crippen LogP) is 7.85. The van der Waals surface area contributed by atoms with Crippen LogP contribution in [0.2, 0.25) is 15.1 Å². The summed E-state index contributed by atoms with van der Waals surface area (Å²) in [6.07, 6.45) is 3.98. The largest absolute Gasteiger partial charge is 0.352 e. The van der Waals surface area contributed by atoms with Crippen LogP contribution in [0.3, 0.4) is 0 Å². The van der Waals surface area contributed by atoms with Crippen LogP contribution in [0.5, 0.6) is 0 Å². The van der Waals surface area contributed by atoms with Gasteiger partial charge in [0.2, 0.25) is 11.8 Å². The van der Waals surface area contributed by atoms with E-state index in [0.29, 0.717) is 20.6 Å². The molecule has 0 bridgehead atoms. The van der Waals surface area contributed by atoms with Crippen molar-refractivity contribution in [2.24, 2.45) is 0 Å². The minimum absolute atomic E-state index is 0.00681. The van der Waals surface area contributed by atoms with E-state index in [4.69, 9.17) is 34.8 Å². The van der Waals surface area contributed by atoms with E-state index < -0.39 is 28.5 Å². The molecule has 5 rings (SSSR count). The molecule has 0 aromatic heterocycles. The van der Waals surface area contributed by atoms with Gasteiger partial charge in [0.05, 0.1) is 20.6 Å². The number of nitrogens with one attached hydrogen (secondary N) is 1. The number of carbonyl (C=O) groups excluding carboxylic acids is 2. The van der Waals surface area contributed by atoms with Gasteiger partial charge in [-0.1, -0.05) is 108 Å². The van der Waals surface area contributed by atoms with Gasteiger partial charge in [-0.3, -0.25) is 13.9 Å². The number of rotatable bonds is 12. The SMILES string of the molecule is Cc1ccc(N(CC(=O)N(Cc2ccc(Cl)c(Cl)c2)C(Cc2ccccc2)C(=O)NC2CCCC2)S(=O)(=O)c2ccccc2)cc1Cl. The highest BCUT2D eigenvalue weighted by Crippen LogP contribution is 2.30. The van der Waals surface area contributed by atoms with E-state index in [1.165, 1.54) is 23.1 Å². The van der Waals surface area contributed by atoms with Gasteiger partial charge < -0.3 is 10.2 Å². The Labute approximate surface area is 291 Å². The summed E-state index contributed by atoms with van der Waals surface area (Å²) < 4.78 is 29.4. The van der Waals surface area contributed by atoms with Crippen molar-refractivity contribution in [3.63, 3.8) is 0 Å². The van der Waals surface area contributed by atoms with E-state index in [1.807, 2.05) is 37.3 Å². The molecule has 4 aromatic rings. The Hall–Kier alpha value is -3.56. The standard InChI is InChI=1S/C36H36Cl3N3O4S/c1-25-16-18-29(22-32(25)38)42(47(45,46)30-14-6-3-7-15-30)24-35(43)41(23-27-17-19-31(37)33(39)20-27)34(21-26-10-4-2-5-11-26)36(44)40-28-12-8-9-13-28/h2-7,10-11,14-20,22,28,34H,8-9,12-13,21,23-24H2,1H3,(H,40,44). The van der Waals surface area contributed by atoms with Crippen LogP contribution in [0, 0.1) is 6.92 Å². The zero-order valence-corrected chi connectivity index (χ0v) is 29.0. The number of halogens is 3. The van der Waals surface area contributed by atoms with Gasteiger partial charge in [-0.05, 0) is 72.9 Å². The summed E-state index contributed by atoms with van der Waals surface area (Å²) >= 11 is 19.0. The van der Waals surface area contributed by atoms with Crippen LogP contribution in [0.1, 0.15) is 42.4 Å². The number of anilines is 1. The second-order valence-electron chi connectivity index (χ2n) is 11.7. The number of aryl methyl sites for hydroxylation is 1. The van der Waals surface area contributed by atoms with Crippen LogP contribution in [0.15, 0.2) is 102 Å². The Morgan fingerprint density at radius 2 is 1.47 bits per heavy atom. The minimum atomic E-state index is -4.23. The molecular formula is C36H36Cl3N3O4S. The predicted molar refractivity (Wildman–Crippen MR) is 189 cm³/mol. The molecule has 1 aliphatic rings. The molecule has 1 fully saturated rings. The number of benzene rings is 4. The molecule has 7 nitrogen and oxygen atoms in total. The number of amides is 2. The van der Waals surface area contributed by atoms with Crippen molar-refractivity contribution in [2.45, 2.75) is 62.6 Å². The molecule has 2 amide bonds. The molecule has 47 heavy (non-hydrogen) atoms. The number of nitrogens with zero attached hydrogens (tertiary/aromatic N) is 2. The van der Waals surface area contributed by atoms with Crippen molar-refractivity contribution in [3.05, 3.63) is 129 Å². The minimum Gasteiger partial charge on any atom is -0.352 e. The lowest BCUT2D eigenvalue weighted by atomic mass is 10.0. The fraction of sp³-hybridized carbons (Fsp3) is 0.278. The monoisotopic (exact) mass is 711 g/mol. The summed E-state index contributed by atoms with van der Waals surface area (Å²) in [5, 5.41) is 4.17. The fourth-order valence-electron chi connectivity index (χ4n) is 5.74. The zero-order chi connectivity index (χ0) is 33.6. The smallest absolute Gasteiger partial charge is 0.264 e. The topological polar surface area (TPSA) is 86.8 Å². The average molecular weight is 713 g/mol. The van der Waals surface area contributed by atoms with Crippen molar-refractivity contribution in [1.82, 2.24) is 10.2 Å². The Balaban J connectivity index is 1.58. The number of sulfonamides is 1. The Morgan fingerprint density at radius 3 is 2.11 bits per heavy atom. The summed E-state index contributed by atoms with van der Waals surface area (Å²) in [4.78, 5) is 30.2. The van der Waals surface area contributed by atoms with E-state index in [0.717, 1.165) is 41.1 Å². The van der Waals surface area contributed by atoms with Gasteiger partial charge in [0.25, 0.3) is 10.0 Å². The molecule has 0 spiro atoms. The first kappa shape index (κ1) is 34.8. The maximum absolute atomic E-state index is 14.6. The van der Waals surface area contributed by atoms with Gasteiger partial charge in [-0.2, -0.15) is 0 Å². The molecular weight excluding hydrogens is 677 g/mol. The summed E-state index contributed by atoms with van der Waals surface area (Å²) in [5.41, 5.74) is 2.47. The molecule has 4 aromatic carbocycles. The van der Waals surface area contributed by atoms with Crippen molar-refractivity contribution < 1.29 is 18.0 Å². The molecule has 11 heteroatoms. The summed E-state index contributed by atoms with van der Waals surface area (Å²) in [7, 11) is -4.23. The third-order valence-corrected chi connectivity index (χ3v) is 11.3. The van der Waals surface area contributed by atoms with E-state index in [2.05, 4.69) is 5.32 Å². The normalized spacial score (nSPS) is 14.0.